The molecule has 1 aromatic rings. The van der Waals surface area contributed by atoms with Crippen LogP contribution in [0.5, 0.6) is 0 Å². The van der Waals surface area contributed by atoms with Gasteiger partial charge in [-0.15, -0.1) is 0 Å². The number of urea groups is 1. The first kappa shape index (κ1) is 16.0. The Balaban J connectivity index is 1.50. The second kappa shape index (κ2) is 6.41. The molecule has 1 atom stereocenters. The topological polar surface area (TPSA) is 52.7 Å². The molecule has 4 rings (SSSR count). The van der Waals surface area contributed by atoms with Gasteiger partial charge in [0.25, 0.3) is 5.91 Å². The van der Waals surface area contributed by atoms with Crippen molar-refractivity contribution in [2.45, 2.75) is 37.3 Å². The van der Waals surface area contributed by atoms with Gasteiger partial charge in [-0.05, 0) is 42.8 Å². The smallest absolute Gasteiger partial charge is 0.323 e. The van der Waals surface area contributed by atoms with Gasteiger partial charge in [0.15, 0.2) is 0 Å². The number of imide groups is 1. The maximum absolute atomic E-state index is 12.9. The Hall–Kier alpha value is -1.53. The van der Waals surface area contributed by atoms with Crippen LogP contribution in [0.1, 0.15) is 37.3 Å². The monoisotopic (exact) mass is 345 g/mol. The van der Waals surface area contributed by atoms with Crippen LogP contribution in [0.4, 0.5) is 4.79 Å². The Kier molecular flexibility index (Phi) is 4.26. The second-order valence-corrected chi connectivity index (χ2v) is 8.11. The number of hydrogen-bond acceptors (Lipinski definition) is 4. The molecule has 3 heterocycles. The number of nitrogens with zero attached hydrogens (tertiary/aromatic N) is 2. The van der Waals surface area contributed by atoms with Crippen LogP contribution in [0.2, 0.25) is 0 Å². The maximum Gasteiger partial charge on any atom is 0.326 e. The van der Waals surface area contributed by atoms with Gasteiger partial charge in [0.2, 0.25) is 0 Å². The maximum atomic E-state index is 12.9. The van der Waals surface area contributed by atoms with Gasteiger partial charge in [-0.2, -0.15) is 11.8 Å². The zero-order chi connectivity index (χ0) is 16.6. The summed E-state index contributed by atoms with van der Waals surface area (Å²) in [5.41, 5.74) is 0.635. The lowest BCUT2D eigenvalue weighted by atomic mass is 9.92. The van der Waals surface area contributed by atoms with E-state index in [4.69, 9.17) is 0 Å². The molecule has 0 aromatic heterocycles. The minimum Gasteiger partial charge on any atom is -0.323 e. The molecule has 24 heavy (non-hydrogen) atoms. The van der Waals surface area contributed by atoms with Crippen molar-refractivity contribution in [2.24, 2.45) is 0 Å². The summed E-state index contributed by atoms with van der Waals surface area (Å²) in [4.78, 5) is 29.1. The highest BCUT2D eigenvalue weighted by Gasteiger charge is 2.52. The molecule has 0 bridgehead atoms. The third-order valence-corrected chi connectivity index (χ3v) is 6.45. The van der Waals surface area contributed by atoms with E-state index >= 15 is 0 Å². The molecule has 3 saturated heterocycles. The number of carbonyl (C=O) groups is 2. The van der Waals surface area contributed by atoms with Gasteiger partial charge >= 0.3 is 6.03 Å². The van der Waals surface area contributed by atoms with E-state index in [1.165, 1.54) is 10.5 Å². The SMILES string of the molecule is O=C1NC2(CCSCC2)C(=O)N1CN1CCC[C@H]1c1ccccc1. The molecule has 1 spiro atoms. The molecule has 0 unspecified atom stereocenters. The molecule has 3 amide bonds. The second-order valence-electron chi connectivity index (χ2n) is 6.88. The van der Waals surface area contributed by atoms with E-state index in [1.54, 1.807) is 0 Å². The first-order chi connectivity index (χ1) is 11.7. The van der Waals surface area contributed by atoms with Crippen LogP contribution in [-0.4, -0.2) is 52.0 Å². The average Bonchev–Trinajstić information content (AvgIpc) is 3.16. The first-order valence-electron chi connectivity index (χ1n) is 8.70. The summed E-state index contributed by atoms with van der Waals surface area (Å²) in [5, 5.41) is 3.00. The van der Waals surface area contributed by atoms with Gasteiger partial charge in [0, 0.05) is 12.6 Å². The van der Waals surface area contributed by atoms with Crippen LogP contribution in [0.3, 0.4) is 0 Å². The van der Waals surface area contributed by atoms with Crippen molar-refractivity contribution in [1.82, 2.24) is 15.1 Å². The molecule has 128 valence electrons. The molecule has 0 radical (unpaired) electrons. The largest absolute Gasteiger partial charge is 0.326 e. The van der Waals surface area contributed by atoms with Crippen molar-refractivity contribution in [3.8, 4) is 0 Å². The summed E-state index contributed by atoms with van der Waals surface area (Å²) >= 11 is 1.86. The Morgan fingerprint density at radius 2 is 1.92 bits per heavy atom. The standard InChI is InChI=1S/C18H23N3O2S/c22-16-18(8-11-24-12-9-18)19-17(23)21(16)13-20-10-4-7-15(20)14-5-2-1-3-6-14/h1-3,5-6,15H,4,7-13H2,(H,19,23)/t15-/m0/s1. The summed E-state index contributed by atoms with van der Waals surface area (Å²) in [6.07, 6.45) is 3.68. The molecule has 0 saturated carbocycles. The fourth-order valence-electron chi connectivity index (χ4n) is 4.09. The molecule has 3 fully saturated rings. The molecule has 3 aliphatic heterocycles. The molecule has 3 aliphatic rings. The summed E-state index contributed by atoms with van der Waals surface area (Å²) in [7, 11) is 0. The van der Waals surface area contributed by atoms with Crippen molar-refractivity contribution >= 4 is 23.7 Å². The number of likely N-dealkylation sites (tertiary alicyclic amines) is 1. The van der Waals surface area contributed by atoms with Gasteiger partial charge in [-0.1, -0.05) is 30.3 Å². The van der Waals surface area contributed by atoms with E-state index in [0.29, 0.717) is 12.7 Å². The van der Waals surface area contributed by atoms with Crippen LogP contribution >= 0.6 is 11.8 Å². The van der Waals surface area contributed by atoms with Gasteiger partial charge in [-0.25, -0.2) is 9.69 Å². The third kappa shape index (κ3) is 2.71. The molecule has 1 N–H and O–H groups in total. The number of nitrogens with one attached hydrogen (secondary N) is 1. The van der Waals surface area contributed by atoms with Crippen LogP contribution in [0.25, 0.3) is 0 Å². The summed E-state index contributed by atoms with van der Waals surface area (Å²) in [6.45, 7) is 1.33. The number of carbonyl (C=O) groups excluding carboxylic acids is 2. The van der Waals surface area contributed by atoms with E-state index in [2.05, 4.69) is 22.3 Å². The average molecular weight is 345 g/mol. The third-order valence-electron chi connectivity index (χ3n) is 5.46. The number of rotatable bonds is 3. The first-order valence-corrected chi connectivity index (χ1v) is 9.86. The predicted molar refractivity (Wildman–Crippen MR) is 94.7 cm³/mol. The van der Waals surface area contributed by atoms with Gasteiger partial charge in [0.1, 0.15) is 5.54 Å². The lowest BCUT2D eigenvalue weighted by Gasteiger charge is -2.31. The molecular weight excluding hydrogens is 322 g/mol. The van der Waals surface area contributed by atoms with Crippen LogP contribution in [0.15, 0.2) is 30.3 Å². The summed E-state index contributed by atoms with van der Waals surface area (Å²) in [6, 6.07) is 10.5. The van der Waals surface area contributed by atoms with E-state index in [0.717, 1.165) is 43.7 Å². The number of thioether (sulfide) groups is 1. The zero-order valence-corrected chi connectivity index (χ0v) is 14.6. The fraction of sp³-hybridized carbons (Fsp3) is 0.556. The van der Waals surface area contributed by atoms with E-state index in [-0.39, 0.29) is 11.9 Å². The Bertz CT molecular complexity index is 630. The zero-order valence-electron chi connectivity index (χ0n) is 13.7. The quantitative estimate of drug-likeness (QED) is 0.856. The van der Waals surface area contributed by atoms with Gasteiger partial charge in [0.05, 0.1) is 6.67 Å². The predicted octanol–water partition coefficient (Wildman–Crippen LogP) is 2.60. The van der Waals surface area contributed by atoms with E-state index in [9.17, 15) is 9.59 Å². The lowest BCUT2D eigenvalue weighted by molar-refractivity contribution is -0.133. The van der Waals surface area contributed by atoms with Gasteiger partial charge in [-0.3, -0.25) is 9.69 Å². The Morgan fingerprint density at radius 3 is 2.67 bits per heavy atom. The molecular formula is C18H23N3O2S. The minimum absolute atomic E-state index is 0.0217. The summed E-state index contributed by atoms with van der Waals surface area (Å²) in [5.74, 6) is 1.86. The van der Waals surface area contributed by atoms with Crippen LogP contribution < -0.4 is 5.32 Å². The fourth-order valence-corrected chi connectivity index (χ4v) is 5.28. The highest BCUT2D eigenvalue weighted by Crippen LogP contribution is 2.35. The van der Waals surface area contributed by atoms with E-state index in [1.807, 2.05) is 30.0 Å². The normalized spacial score (nSPS) is 27.0. The van der Waals surface area contributed by atoms with Crippen molar-refractivity contribution in [3.05, 3.63) is 35.9 Å². The highest BCUT2D eigenvalue weighted by molar-refractivity contribution is 7.99. The number of hydrogen-bond donors (Lipinski definition) is 1. The van der Waals surface area contributed by atoms with Crippen molar-refractivity contribution in [3.63, 3.8) is 0 Å². The van der Waals surface area contributed by atoms with Gasteiger partial charge < -0.3 is 5.32 Å². The van der Waals surface area contributed by atoms with Crippen molar-refractivity contribution < 1.29 is 9.59 Å². The highest BCUT2D eigenvalue weighted by atomic mass is 32.2. The van der Waals surface area contributed by atoms with Crippen LogP contribution in [-0.2, 0) is 4.79 Å². The molecule has 6 heteroatoms. The summed E-state index contributed by atoms with van der Waals surface area (Å²) < 4.78 is 0. The molecule has 0 aliphatic carbocycles. The number of amides is 3. The van der Waals surface area contributed by atoms with E-state index < -0.39 is 5.54 Å². The molecule has 1 aromatic carbocycles. The van der Waals surface area contributed by atoms with Crippen molar-refractivity contribution in [1.29, 1.82) is 0 Å². The Morgan fingerprint density at radius 1 is 1.17 bits per heavy atom. The molecule has 5 nitrogen and oxygen atoms in total. The lowest BCUT2D eigenvalue weighted by Crippen LogP contribution is -2.50. The Labute approximate surface area is 146 Å². The number of benzene rings is 1. The minimum atomic E-state index is -0.635. The van der Waals surface area contributed by atoms with Crippen LogP contribution in [0, 0.1) is 0 Å². The van der Waals surface area contributed by atoms with Crippen molar-refractivity contribution in [2.75, 3.05) is 24.7 Å².